The van der Waals surface area contributed by atoms with Gasteiger partial charge in [0.2, 0.25) is 4.96 Å². The van der Waals surface area contributed by atoms with Crippen LogP contribution in [0.25, 0.3) is 16.3 Å². The Morgan fingerprint density at radius 2 is 1.81 bits per heavy atom. The van der Waals surface area contributed by atoms with Gasteiger partial charge in [-0.25, -0.2) is 4.52 Å². The summed E-state index contributed by atoms with van der Waals surface area (Å²) < 4.78 is 17.6. The van der Waals surface area contributed by atoms with E-state index < -0.39 is 0 Å². The molecule has 2 heterocycles. The van der Waals surface area contributed by atoms with Crippen molar-refractivity contribution in [3.63, 3.8) is 0 Å². The fourth-order valence-corrected chi connectivity index (χ4v) is 4.00. The van der Waals surface area contributed by atoms with E-state index in [4.69, 9.17) is 14.2 Å². The van der Waals surface area contributed by atoms with E-state index >= 15 is 0 Å². The zero-order valence-electron chi connectivity index (χ0n) is 17.4. The summed E-state index contributed by atoms with van der Waals surface area (Å²) in [6.45, 7) is 0.488. The maximum Gasteiger partial charge on any atom is 0.251 e. The van der Waals surface area contributed by atoms with Gasteiger partial charge in [-0.1, -0.05) is 0 Å². The number of hydrogen-bond acceptors (Lipinski definition) is 7. The van der Waals surface area contributed by atoms with Crippen LogP contribution in [0.3, 0.4) is 0 Å². The van der Waals surface area contributed by atoms with Crippen LogP contribution in [0.15, 0.2) is 47.8 Å². The average Bonchev–Trinajstić information content (AvgIpc) is 3.40. The van der Waals surface area contributed by atoms with E-state index in [2.05, 4.69) is 15.4 Å². The topological polar surface area (TPSA) is 87.0 Å². The standard InChI is InChI=1S/C22H22N4O4S/c1-28-17-7-4-14(5-8-17)21(27)23-11-10-16-13-31-22-24-20(25-26(16)22)15-6-9-18(29-2)19(12-15)30-3/h4-9,12-13H,10-11H2,1-3H3,(H,23,27). The largest absolute Gasteiger partial charge is 0.497 e. The van der Waals surface area contributed by atoms with Gasteiger partial charge in [-0.2, -0.15) is 4.98 Å². The van der Waals surface area contributed by atoms with Gasteiger partial charge < -0.3 is 19.5 Å². The van der Waals surface area contributed by atoms with Crippen molar-refractivity contribution in [1.82, 2.24) is 19.9 Å². The summed E-state index contributed by atoms with van der Waals surface area (Å²) in [7, 11) is 4.79. The monoisotopic (exact) mass is 438 g/mol. The Bertz CT molecular complexity index is 1200. The van der Waals surface area contributed by atoms with E-state index in [1.807, 2.05) is 28.1 Å². The van der Waals surface area contributed by atoms with Crippen molar-refractivity contribution in [3.8, 4) is 28.6 Å². The highest BCUT2D eigenvalue weighted by Gasteiger charge is 2.14. The second-order valence-corrected chi connectivity index (χ2v) is 7.50. The Hall–Kier alpha value is -3.59. The quantitative estimate of drug-likeness (QED) is 0.453. The molecule has 4 rings (SSSR count). The molecule has 31 heavy (non-hydrogen) atoms. The number of nitrogens with zero attached hydrogens (tertiary/aromatic N) is 3. The molecular weight excluding hydrogens is 416 g/mol. The second-order valence-electron chi connectivity index (χ2n) is 6.66. The third kappa shape index (κ3) is 4.31. The van der Waals surface area contributed by atoms with Crippen LogP contribution in [-0.4, -0.2) is 48.4 Å². The van der Waals surface area contributed by atoms with Gasteiger partial charge >= 0.3 is 0 Å². The lowest BCUT2D eigenvalue weighted by molar-refractivity contribution is 0.0954. The predicted molar refractivity (Wildman–Crippen MR) is 118 cm³/mol. The molecule has 8 nitrogen and oxygen atoms in total. The molecule has 0 aliphatic heterocycles. The molecular formula is C22H22N4O4S. The highest BCUT2D eigenvalue weighted by molar-refractivity contribution is 7.15. The van der Waals surface area contributed by atoms with E-state index in [9.17, 15) is 4.79 Å². The number of fused-ring (bicyclic) bond motifs is 1. The Kier molecular flexibility index (Phi) is 6.03. The van der Waals surface area contributed by atoms with Gasteiger partial charge in [0.05, 0.1) is 27.0 Å². The first-order valence-electron chi connectivity index (χ1n) is 9.60. The lowest BCUT2D eigenvalue weighted by atomic mass is 10.2. The van der Waals surface area contributed by atoms with E-state index in [1.165, 1.54) is 11.3 Å². The summed E-state index contributed by atoms with van der Waals surface area (Å²) in [5.41, 5.74) is 2.41. The minimum Gasteiger partial charge on any atom is -0.497 e. The second kappa shape index (κ2) is 9.05. The highest BCUT2D eigenvalue weighted by atomic mass is 32.1. The Morgan fingerprint density at radius 1 is 1.03 bits per heavy atom. The van der Waals surface area contributed by atoms with Gasteiger partial charge in [-0.15, -0.1) is 16.4 Å². The number of rotatable bonds is 8. The molecule has 0 aliphatic rings. The lowest BCUT2D eigenvalue weighted by Gasteiger charge is -2.07. The first-order chi connectivity index (χ1) is 15.1. The zero-order valence-corrected chi connectivity index (χ0v) is 18.2. The molecule has 2 aromatic heterocycles. The number of thiazole rings is 1. The van der Waals surface area contributed by atoms with E-state index in [0.29, 0.717) is 41.6 Å². The van der Waals surface area contributed by atoms with Gasteiger partial charge in [-0.05, 0) is 42.5 Å². The van der Waals surface area contributed by atoms with Crippen molar-refractivity contribution in [1.29, 1.82) is 0 Å². The molecule has 9 heteroatoms. The van der Waals surface area contributed by atoms with Gasteiger partial charge in [0.1, 0.15) is 5.75 Å². The SMILES string of the molecule is COc1ccc(C(=O)NCCc2csc3nc(-c4ccc(OC)c(OC)c4)nn23)cc1. The molecule has 0 saturated carbocycles. The van der Waals surface area contributed by atoms with Crippen molar-refractivity contribution in [2.45, 2.75) is 6.42 Å². The fraction of sp³-hybridized carbons (Fsp3) is 0.227. The van der Waals surface area contributed by atoms with Crippen LogP contribution in [0, 0.1) is 0 Å². The van der Waals surface area contributed by atoms with Gasteiger partial charge in [0.25, 0.3) is 5.91 Å². The molecule has 1 amide bonds. The van der Waals surface area contributed by atoms with E-state index in [1.54, 1.807) is 45.6 Å². The molecule has 0 aliphatic carbocycles. The van der Waals surface area contributed by atoms with E-state index in [0.717, 1.165) is 16.2 Å². The van der Waals surface area contributed by atoms with Crippen LogP contribution in [0.2, 0.25) is 0 Å². The smallest absolute Gasteiger partial charge is 0.251 e. The molecule has 0 atom stereocenters. The van der Waals surface area contributed by atoms with Crippen LogP contribution in [0.5, 0.6) is 17.2 Å². The summed E-state index contributed by atoms with van der Waals surface area (Å²) in [5, 5.41) is 9.59. The Balaban J connectivity index is 1.45. The summed E-state index contributed by atoms with van der Waals surface area (Å²) in [5.74, 6) is 2.48. The van der Waals surface area contributed by atoms with Crippen molar-refractivity contribution >= 4 is 22.2 Å². The molecule has 0 fully saturated rings. The number of carbonyl (C=O) groups is 1. The van der Waals surface area contributed by atoms with Crippen LogP contribution < -0.4 is 19.5 Å². The number of amides is 1. The summed E-state index contributed by atoms with van der Waals surface area (Å²) in [6.07, 6.45) is 0.636. The van der Waals surface area contributed by atoms with Crippen LogP contribution in [0.4, 0.5) is 0 Å². The average molecular weight is 439 g/mol. The number of hydrogen-bond donors (Lipinski definition) is 1. The molecule has 1 N–H and O–H groups in total. The van der Waals surface area contributed by atoms with Crippen LogP contribution in [-0.2, 0) is 6.42 Å². The third-order valence-electron chi connectivity index (χ3n) is 4.81. The van der Waals surface area contributed by atoms with E-state index in [-0.39, 0.29) is 5.91 Å². The lowest BCUT2D eigenvalue weighted by Crippen LogP contribution is -2.25. The van der Waals surface area contributed by atoms with Gasteiger partial charge in [0, 0.05) is 29.5 Å². The summed E-state index contributed by atoms with van der Waals surface area (Å²) in [4.78, 5) is 17.7. The predicted octanol–water partition coefficient (Wildman–Crippen LogP) is 3.46. The summed E-state index contributed by atoms with van der Waals surface area (Å²) in [6, 6.07) is 12.6. The number of nitrogens with one attached hydrogen (secondary N) is 1. The number of methoxy groups -OCH3 is 3. The van der Waals surface area contributed by atoms with Crippen molar-refractivity contribution in [3.05, 3.63) is 59.1 Å². The van der Waals surface area contributed by atoms with Crippen molar-refractivity contribution in [2.24, 2.45) is 0 Å². The first kappa shape index (κ1) is 20.7. The molecule has 0 spiro atoms. The van der Waals surface area contributed by atoms with Crippen molar-refractivity contribution < 1.29 is 19.0 Å². The highest BCUT2D eigenvalue weighted by Crippen LogP contribution is 2.31. The Morgan fingerprint density at radius 3 is 2.52 bits per heavy atom. The van der Waals surface area contributed by atoms with Gasteiger partial charge in [-0.3, -0.25) is 4.79 Å². The molecule has 160 valence electrons. The zero-order chi connectivity index (χ0) is 21.8. The molecule has 0 radical (unpaired) electrons. The number of benzene rings is 2. The maximum absolute atomic E-state index is 12.3. The Labute approximate surface area is 183 Å². The number of aromatic nitrogens is 3. The molecule has 0 unspecified atom stereocenters. The summed E-state index contributed by atoms with van der Waals surface area (Å²) >= 11 is 1.51. The first-order valence-corrected chi connectivity index (χ1v) is 10.5. The minimum absolute atomic E-state index is 0.126. The van der Waals surface area contributed by atoms with Crippen LogP contribution >= 0.6 is 11.3 Å². The number of carbonyl (C=O) groups excluding carboxylic acids is 1. The maximum atomic E-state index is 12.3. The minimum atomic E-state index is -0.126. The molecule has 4 aromatic rings. The normalized spacial score (nSPS) is 10.8. The van der Waals surface area contributed by atoms with Crippen LogP contribution in [0.1, 0.15) is 16.1 Å². The fourth-order valence-electron chi connectivity index (χ4n) is 3.14. The molecule has 0 bridgehead atoms. The third-order valence-corrected chi connectivity index (χ3v) is 5.68. The number of ether oxygens (including phenoxy) is 3. The van der Waals surface area contributed by atoms with Gasteiger partial charge in [0.15, 0.2) is 17.3 Å². The molecule has 2 aromatic carbocycles. The van der Waals surface area contributed by atoms with Crippen molar-refractivity contribution in [2.75, 3.05) is 27.9 Å². The molecule has 0 saturated heterocycles.